The third-order valence-electron chi connectivity index (χ3n) is 7.65. The van der Waals surface area contributed by atoms with E-state index in [4.69, 9.17) is 29.9 Å². The van der Waals surface area contributed by atoms with Gasteiger partial charge in [0.15, 0.2) is 23.3 Å². The smallest absolute Gasteiger partial charge is 0.256 e. The zero-order valence-corrected chi connectivity index (χ0v) is 22.3. The molecule has 0 atom stereocenters. The number of benzene rings is 4. The minimum atomic E-state index is 0. The summed E-state index contributed by atoms with van der Waals surface area (Å²) >= 11 is 0. The summed E-state index contributed by atoms with van der Waals surface area (Å²) in [6.45, 7) is 0. The van der Waals surface area contributed by atoms with Crippen molar-refractivity contribution in [2.75, 3.05) is 0 Å². The molecular formula is C34H18CuN6. The second kappa shape index (κ2) is 8.96. The van der Waals surface area contributed by atoms with Crippen molar-refractivity contribution < 1.29 is 17.1 Å². The summed E-state index contributed by atoms with van der Waals surface area (Å²) in [7, 11) is 0. The fourth-order valence-electron chi connectivity index (χ4n) is 5.78. The number of aromatic nitrogens is 6. The average Bonchev–Trinajstić information content (AvgIpc) is 3.73. The van der Waals surface area contributed by atoms with Crippen molar-refractivity contribution in [3.05, 3.63) is 109 Å². The molecule has 0 saturated carbocycles. The van der Waals surface area contributed by atoms with Crippen LogP contribution >= 0.6 is 0 Å². The van der Waals surface area contributed by atoms with E-state index in [1.54, 1.807) is 0 Å². The van der Waals surface area contributed by atoms with Gasteiger partial charge in [-0.3, -0.25) is 19.9 Å². The van der Waals surface area contributed by atoms with Crippen molar-refractivity contribution in [3.8, 4) is 45.6 Å². The molecule has 7 aromatic rings. The predicted molar refractivity (Wildman–Crippen MR) is 159 cm³/mol. The molecule has 7 heteroatoms. The Morgan fingerprint density at radius 1 is 0.317 bits per heavy atom. The monoisotopic (exact) mass is 573 g/mol. The van der Waals surface area contributed by atoms with Gasteiger partial charge in [0.25, 0.3) is 0 Å². The van der Waals surface area contributed by atoms with Crippen LogP contribution < -0.4 is 0 Å². The Balaban J connectivity index is 0.00000256. The number of fused-ring (bicyclic) bond motifs is 20. The van der Waals surface area contributed by atoms with Gasteiger partial charge in [0.1, 0.15) is 0 Å². The van der Waals surface area contributed by atoms with Gasteiger partial charge in [0.2, 0.25) is 0 Å². The number of nitrogens with zero attached hydrogens (tertiary/aromatic N) is 6. The number of hydrogen-bond acceptors (Lipinski definition) is 6. The third-order valence-corrected chi connectivity index (χ3v) is 7.65. The molecule has 195 valence electrons. The van der Waals surface area contributed by atoms with Crippen molar-refractivity contribution in [2.45, 2.75) is 0 Å². The van der Waals surface area contributed by atoms with E-state index in [0.717, 1.165) is 65.9 Å². The first kappa shape index (κ1) is 23.8. The molecule has 0 aliphatic carbocycles. The maximum absolute atomic E-state index is 5.08. The van der Waals surface area contributed by atoms with E-state index in [0.29, 0.717) is 23.3 Å². The summed E-state index contributed by atoms with van der Waals surface area (Å²) in [5.41, 5.74) is 7.12. The summed E-state index contributed by atoms with van der Waals surface area (Å²) in [6, 6.07) is 36.7. The van der Waals surface area contributed by atoms with Crippen LogP contribution in [0, 0.1) is 0 Å². The molecule has 6 nitrogen and oxygen atoms in total. The molecule has 8 bridgehead atoms. The summed E-state index contributed by atoms with van der Waals surface area (Å²) in [5, 5.41) is 4.07. The molecular weight excluding hydrogens is 556 g/mol. The topological polar surface area (TPSA) is 77.3 Å². The van der Waals surface area contributed by atoms with Gasteiger partial charge in [-0.05, 0) is 22.1 Å². The van der Waals surface area contributed by atoms with Gasteiger partial charge in [0, 0.05) is 22.3 Å². The molecule has 2 aliphatic rings. The van der Waals surface area contributed by atoms with E-state index in [9.17, 15) is 0 Å². The van der Waals surface area contributed by atoms with Gasteiger partial charge in [-0.15, -0.1) is 57.9 Å². The van der Waals surface area contributed by atoms with Crippen LogP contribution in [-0.4, -0.2) is 29.9 Å². The zero-order valence-electron chi connectivity index (χ0n) is 21.4. The largest absolute Gasteiger partial charge is 2.00 e. The first-order valence-electron chi connectivity index (χ1n) is 13.1. The standard InChI is InChI=1S/C34H18N6.Cu/c1-2-10-20-19(9-1)27-17-28(20)36-32-25-15-7-8-16-26(25)34(40-32)38-30-18-29(21-11-3-4-12-22(21)30)37-33-24-14-6-5-13-23(24)31(35-27)39-33;/h1-18H;/q-2;+2. The normalized spacial score (nSPS) is 11.7. The Kier molecular flexibility index (Phi) is 5.19. The number of hydrogen-bond donors (Lipinski definition) is 0. The maximum atomic E-state index is 5.08. The molecule has 2 aliphatic heterocycles. The van der Waals surface area contributed by atoms with E-state index < -0.39 is 0 Å². The summed E-state index contributed by atoms with van der Waals surface area (Å²) < 4.78 is 0. The molecule has 3 heterocycles. The fraction of sp³-hybridized carbons (Fsp3) is 0. The first-order chi connectivity index (χ1) is 19.8. The van der Waals surface area contributed by atoms with Crippen LogP contribution in [0.15, 0.2) is 109 Å². The van der Waals surface area contributed by atoms with Crippen molar-refractivity contribution in [1.29, 1.82) is 0 Å². The Morgan fingerprint density at radius 2 is 0.561 bits per heavy atom. The second-order valence-corrected chi connectivity index (χ2v) is 9.98. The third kappa shape index (κ3) is 3.57. The Bertz CT molecular complexity index is 2030. The molecule has 0 amide bonds. The van der Waals surface area contributed by atoms with Crippen LogP contribution in [0.2, 0.25) is 0 Å². The Labute approximate surface area is 244 Å². The summed E-state index contributed by atoms with van der Waals surface area (Å²) in [4.78, 5) is 30.2. The van der Waals surface area contributed by atoms with Crippen LogP contribution in [0.4, 0.5) is 0 Å². The van der Waals surface area contributed by atoms with Gasteiger partial charge in [-0.25, -0.2) is 9.97 Å². The van der Waals surface area contributed by atoms with Gasteiger partial charge in [-0.2, -0.15) is 0 Å². The predicted octanol–water partition coefficient (Wildman–Crippen LogP) is 7.65. The van der Waals surface area contributed by atoms with Crippen LogP contribution in [0.25, 0.3) is 89.2 Å². The SMILES string of the molecule is [Cu+2].c1ccc2c(c1)-c1nc-2nc2[cH-]c(nc3nc(nc4[cH-]c(n1)c1ccccc41)-c1ccccc1-3)c1ccccc21. The molecule has 0 saturated heterocycles. The molecule has 1 radical (unpaired) electrons. The molecule has 6 aromatic carbocycles. The molecule has 0 fully saturated rings. The molecule has 1 aromatic heterocycles. The molecule has 41 heavy (non-hydrogen) atoms. The first-order valence-corrected chi connectivity index (χ1v) is 13.1. The average molecular weight is 574 g/mol. The van der Waals surface area contributed by atoms with Crippen molar-refractivity contribution in [2.24, 2.45) is 0 Å². The molecule has 0 unspecified atom stereocenters. The Morgan fingerprint density at radius 3 is 0.829 bits per heavy atom. The van der Waals surface area contributed by atoms with E-state index >= 15 is 0 Å². The van der Waals surface area contributed by atoms with E-state index in [2.05, 4.69) is 48.5 Å². The van der Waals surface area contributed by atoms with E-state index in [-0.39, 0.29) is 17.1 Å². The summed E-state index contributed by atoms with van der Waals surface area (Å²) in [6.07, 6.45) is 0. The van der Waals surface area contributed by atoms with Gasteiger partial charge in [0.05, 0.1) is 0 Å². The maximum Gasteiger partial charge on any atom is 2.00 e. The van der Waals surface area contributed by atoms with Crippen molar-refractivity contribution >= 4 is 43.6 Å². The number of rotatable bonds is 0. The van der Waals surface area contributed by atoms with Crippen LogP contribution in [0.1, 0.15) is 0 Å². The van der Waals surface area contributed by atoms with Crippen LogP contribution in [-0.2, 0) is 17.1 Å². The van der Waals surface area contributed by atoms with Crippen molar-refractivity contribution in [1.82, 2.24) is 29.9 Å². The minimum absolute atomic E-state index is 0. The second-order valence-electron chi connectivity index (χ2n) is 9.98. The van der Waals surface area contributed by atoms with Crippen molar-refractivity contribution in [3.63, 3.8) is 0 Å². The minimum Gasteiger partial charge on any atom is -0.256 e. The van der Waals surface area contributed by atoms with E-state index in [1.165, 1.54) is 0 Å². The zero-order chi connectivity index (χ0) is 26.2. The van der Waals surface area contributed by atoms with E-state index in [1.807, 2.05) is 60.7 Å². The van der Waals surface area contributed by atoms with Crippen LogP contribution in [0.3, 0.4) is 0 Å². The Hall–Kier alpha value is -5.10. The van der Waals surface area contributed by atoms with Gasteiger partial charge < -0.3 is 0 Å². The van der Waals surface area contributed by atoms with Gasteiger partial charge >= 0.3 is 17.1 Å². The molecule has 9 rings (SSSR count). The van der Waals surface area contributed by atoms with Gasteiger partial charge in [-0.1, -0.05) is 72.8 Å². The fourth-order valence-corrected chi connectivity index (χ4v) is 5.78. The molecule has 0 N–H and O–H groups in total. The van der Waals surface area contributed by atoms with Crippen LogP contribution in [0.5, 0.6) is 0 Å². The summed E-state index contributed by atoms with van der Waals surface area (Å²) in [5.74, 6) is 2.57. The quantitative estimate of drug-likeness (QED) is 0.137. The molecule has 0 spiro atoms.